The molecule has 0 unspecified atom stereocenters. The molecule has 0 radical (unpaired) electrons. The van der Waals surface area contributed by atoms with Gasteiger partial charge in [0.15, 0.2) is 0 Å². The fourth-order valence-electron chi connectivity index (χ4n) is 3.30. The number of hydrogen-bond acceptors (Lipinski definition) is 5. The Kier molecular flexibility index (Phi) is 6.31. The number of hydrogen-bond donors (Lipinski definition) is 0. The third-order valence-electron chi connectivity index (χ3n) is 4.93. The highest BCUT2D eigenvalue weighted by Crippen LogP contribution is 2.22. The van der Waals surface area contributed by atoms with Crippen molar-refractivity contribution in [1.82, 2.24) is 4.90 Å². The summed E-state index contributed by atoms with van der Waals surface area (Å²) in [5.74, 6) is 0.326. The summed E-state index contributed by atoms with van der Waals surface area (Å²) in [6, 6.07) is 13.1. The van der Waals surface area contributed by atoms with Gasteiger partial charge >= 0.3 is 5.97 Å². The van der Waals surface area contributed by atoms with Crippen molar-refractivity contribution >= 4 is 11.9 Å². The molecule has 148 valence electrons. The molecule has 1 amide bonds. The van der Waals surface area contributed by atoms with Crippen molar-refractivity contribution in [1.29, 1.82) is 0 Å². The van der Waals surface area contributed by atoms with Crippen LogP contribution in [-0.4, -0.2) is 43.6 Å². The summed E-state index contributed by atoms with van der Waals surface area (Å²) in [6.07, 6.45) is 0.196. The lowest BCUT2D eigenvalue weighted by Crippen LogP contribution is -2.42. The van der Waals surface area contributed by atoms with Crippen LogP contribution in [0.3, 0.4) is 0 Å². The average molecular weight is 383 g/mol. The molecule has 0 fully saturated rings. The van der Waals surface area contributed by atoms with Crippen LogP contribution in [0.5, 0.6) is 5.75 Å². The molecule has 0 N–H and O–H groups in total. The number of carbonyl (C=O) groups is 2. The smallest absolute Gasteiger partial charge is 0.337 e. The summed E-state index contributed by atoms with van der Waals surface area (Å²) >= 11 is 0. The summed E-state index contributed by atoms with van der Waals surface area (Å²) in [6.45, 7) is 3.20. The molecule has 0 saturated carbocycles. The van der Waals surface area contributed by atoms with Gasteiger partial charge < -0.3 is 19.1 Å². The number of carbonyl (C=O) groups excluding carboxylic acids is 2. The first-order chi connectivity index (χ1) is 13.5. The van der Waals surface area contributed by atoms with Gasteiger partial charge in [-0.2, -0.15) is 0 Å². The second-order valence-corrected chi connectivity index (χ2v) is 6.79. The van der Waals surface area contributed by atoms with E-state index in [1.165, 1.54) is 7.11 Å². The lowest BCUT2D eigenvalue weighted by molar-refractivity contribution is -0.144. The number of nitrogens with zero attached hydrogens (tertiary/aromatic N) is 1. The average Bonchev–Trinajstić information content (AvgIpc) is 2.75. The minimum Gasteiger partial charge on any atom is -0.497 e. The summed E-state index contributed by atoms with van der Waals surface area (Å²) in [4.78, 5) is 26.3. The highest BCUT2D eigenvalue weighted by atomic mass is 16.5. The Morgan fingerprint density at radius 1 is 1.11 bits per heavy atom. The predicted octanol–water partition coefficient (Wildman–Crippen LogP) is 2.97. The van der Waals surface area contributed by atoms with E-state index in [4.69, 9.17) is 14.2 Å². The fraction of sp³-hybridized carbons (Fsp3) is 0.364. The van der Waals surface area contributed by atoms with Crippen molar-refractivity contribution in [2.45, 2.75) is 32.6 Å². The van der Waals surface area contributed by atoms with Crippen molar-refractivity contribution in [3.63, 3.8) is 0 Å². The van der Waals surface area contributed by atoms with Gasteiger partial charge in [-0.15, -0.1) is 0 Å². The number of ether oxygens (including phenoxy) is 3. The largest absolute Gasteiger partial charge is 0.497 e. The SMILES string of the molecule is COC(=O)c1ccc2c(c1)CN(C(=O)[C@@H](C)OCc1cccc(OC)c1)CC2. The lowest BCUT2D eigenvalue weighted by Gasteiger charge is -2.31. The van der Waals surface area contributed by atoms with Crippen molar-refractivity contribution in [3.05, 3.63) is 64.7 Å². The normalized spacial score (nSPS) is 14.2. The molecule has 1 aliphatic heterocycles. The van der Waals surface area contributed by atoms with Crippen molar-refractivity contribution < 1.29 is 23.8 Å². The molecule has 6 heteroatoms. The number of fused-ring (bicyclic) bond motifs is 1. The Bertz CT molecular complexity index is 864. The van der Waals surface area contributed by atoms with Gasteiger partial charge in [0.25, 0.3) is 5.91 Å². The first-order valence-electron chi connectivity index (χ1n) is 9.25. The van der Waals surface area contributed by atoms with E-state index in [1.54, 1.807) is 25.0 Å². The molecule has 0 aromatic heterocycles. The standard InChI is InChI=1S/C22H25NO5/c1-15(28-14-16-5-4-6-20(11-16)26-2)21(24)23-10-9-17-7-8-18(22(25)27-3)12-19(17)13-23/h4-8,11-12,15H,9-10,13-14H2,1-3H3/t15-/m1/s1. The Morgan fingerprint density at radius 2 is 1.93 bits per heavy atom. The number of methoxy groups -OCH3 is 2. The predicted molar refractivity (Wildman–Crippen MR) is 104 cm³/mol. The van der Waals surface area contributed by atoms with Crippen LogP contribution in [0.25, 0.3) is 0 Å². The maximum Gasteiger partial charge on any atom is 0.337 e. The number of esters is 1. The molecule has 0 saturated heterocycles. The first kappa shape index (κ1) is 19.9. The third-order valence-corrected chi connectivity index (χ3v) is 4.93. The number of rotatable bonds is 6. The van der Waals surface area contributed by atoms with Crippen LogP contribution in [0.4, 0.5) is 0 Å². The molecule has 3 rings (SSSR count). The molecule has 0 aliphatic carbocycles. The van der Waals surface area contributed by atoms with Crippen LogP contribution in [0, 0.1) is 0 Å². The molecule has 0 bridgehead atoms. The second kappa shape index (κ2) is 8.89. The van der Waals surface area contributed by atoms with Crippen LogP contribution in [0.15, 0.2) is 42.5 Å². The van der Waals surface area contributed by atoms with E-state index in [0.29, 0.717) is 25.3 Å². The van der Waals surface area contributed by atoms with Gasteiger partial charge in [-0.3, -0.25) is 4.79 Å². The fourth-order valence-corrected chi connectivity index (χ4v) is 3.30. The summed E-state index contributed by atoms with van der Waals surface area (Å²) in [5, 5.41) is 0. The van der Waals surface area contributed by atoms with Gasteiger partial charge in [0, 0.05) is 13.1 Å². The molecule has 6 nitrogen and oxygen atoms in total. The lowest BCUT2D eigenvalue weighted by atomic mass is 9.97. The van der Waals surface area contributed by atoms with Crippen molar-refractivity contribution in [2.24, 2.45) is 0 Å². The van der Waals surface area contributed by atoms with Gasteiger partial charge in [0.05, 0.1) is 26.4 Å². The molecule has 1 aliphatic rings. The molecule has 1 heterocycles. The van der Waals surface area contributed by atoms with Gasteiger partial charge in [-0.1, -0.05) is 18.2 Å². The summed E-state index contributed by atoms with van der Waals surface area (Å²) in [5.41, 5.74) is 3.58. The minimum atomic E-state index is -0.559. The minimum absolute atomic E-state index is 0.0583. The Labute approximate surface area is 165 Å². The van der Waals surface area contributed by atoms with Gasteiger partial charge in [-0.05, 0) is 54.3 Å². The maximum absolute atomic E-state index is 12.8. The quantitative estimate of drug-likeness (QED) is 0.718. The van der Waals surface area contributed by atoms with Crippen LogP contribution in [-0.2, 0) is 33.8 Å². The Morgan fingerprint density at radius 3 is 2.68 bits per heavy atom. The second-order valence-electron chi connectivity index (χ2n) is 6.79. The molecule has 1 atom stereocenters. The zero-order valence-corrected chi connectivity index (χ0v) is 16.4. The third kappa shape index (κ3) is 4.51. The summed E-state index contributed by atoms with van der Waals surface area (Å²) < 4.78 is 15.8. The Hall–Kier alpha value is -2.86. The van der Waals surface area contributed by atoms with Gasteiger partial charge in [-0.25, -0.2) is 4.79 Å². The molecule has 2 aromatic carbocycles. The van der Waals surface area contributed by atoms with E-state index >= 15 is 0 Å². The zero-order valence-electron chi connectivity index (χ0n) is 16.4. The topological polar surface area (TPSA) is 65.1 Å². The van der Waals surface area contributed by atoms with E-state index in [9.17, 15) is 9.59 Å². The first-order valence-corrected chi connectivity index (χ1v) is 9.25. The highest BCUT2D eigenvalue weighted by Gasteiger charge is 2.26. The Balaban J connectivity index is 1.62. The molecule has 2 aromatic rings. The monoisotopic (exact) mass is 383 g/mol. The van der Waals surface area contributed by atoms with E-state index in [0.717, 1.165) is 28.9 Å². The van der Waals surface area contributed by atoms with Gasteiger partial charge in [0.1, 0.15) is 11.9 Å². The van der Waals surface area contributed by atoms with Crippen LogP contribution in [0.2, 0.25) is 0 Å². The van der Waals surface area contributed by atoms with Crippen molar-refractivity contribution in [3.8, 4) is 5.75 Å². The number of benzene rings is 2. The van der Waals surface area contributed by atoms with E-state index in [2.05, 4.69) is 0 Å². The van der Waals surface area contributed by atoms with Gasteiger partial charge in [0.2, 0.25) is 0 Å². The maximum atomic E-state index is 12.8. The van der Waals surface area contributed by atoms with Crippen molar-refractivity contribution in [2.75, 3.05) is 20.8 Å². The van der Waals surface area contributed by atoms with E-state index < -0.39 is 6.10 Å². The molecular formula is C22H25NO5. The van der Waals surface area contributed by atoms with E-state index in [1.807, 2.05) is 36.4 Å². The van der Waals surface area contributed by atoms with Crippen LogP contribution < -0.4 is 4.74 Å². The van der Waals surface area contributed by atoms with Crippen LogP contribution in [0.1, 0.15) is 34.0 Å². The molecule has 0 spiro atoms. The van der Waals surface area contributed by atoms with E-state index in [-0.39, 0.29) is 11.9 Å². The highest BCUT2D eigenvalue weighted by molar-refractivity contribution is 5.89. The number of amides is 1. The molecule has 28 heavy (non-hydrogen) atoms. The zero-order chi connectivity index (χ0) is 20.1. The molecular weight excluding hydrogens is 358 g/mol. The summed E-state index contributed by atoms with van der Waals surface area (Å²) in [7, 11) is 2.98. The van der Waals surface area contributed by atoms with Crippen LogP contribution >= 0.6 is 0 Å².